The van der Waals surface area contributed by atoms with E-state index in [1.54, 1.807) is 54.6 Å². The lowest BCUT2D eigenvalue weighted by atomic mass is 10.00. The van der Waals surface area contributed by atoms with Crippen molar-refractivity contribution >= 4 is 23.2 Å². The molecule has 5 nitrogen and oxygen atoms in total. The van der Waals surface area contributed by atoms with Crippen LogP contribution in [-0.2, 0) is 14.4 Å². The summed E-state index contributed by atoms with van der Waals surface area (Å²) in [7, 11) is 0. The second kappa shape index (κ2) is 8.53. The Morgan fingerprint density at radius 3 is 1.92 bits per heavy atom. The molecule has 0 amide bonds. The van der Waals surface area contributed by atoms with Gasteiger partial charge in [0.25, 0.3) is 0 Å². The highest BCUT2D eigenvalue weighted by Gasteiger charge is 2.16. The van der Waals surface area contributed by atoms with E-state index < -0.39 is 5.97 Å². The summed E-state index contributed by atoms with van der Waals surface area (Å²) in [4.78, 5) is 39.9. The van der Waals surface area contributed by atoms with Gasteiger partial charge in [-0.1, -0.05) is 65.8 Å². The highest BCUT2D eigenvalue weighted by Crippen LogP contribution is 2.10. The summed E-state index contributed by atoms with van der Waals surface area (Å²) in [6.45, 7) is 1.23. The number of Topliss-reactive ketones (excluding diaryl/α,β-unsaturated/α-hetero) is 2. The molecule has 0 bridgehead atoms. The van der Waals surface area contributed by atoms with Gasteiger partial charge in [0, 0.05) is 12.5 Å². The smallest absolute Gasteiger partial charge is 0.318 e. The fourth-order valence-corrected chi connectivity index (χ4v) is 2.09. The van der Waals surface area contributed by atoms with Crippen molar-refractivity contribution in [3.8, 4) is 0 Å². The Kier molecular flexibility index (Phi) is 6.14. The zero-order valence-electron chi connectivity index (χ0n) is 13.3. The van der Waals surface area contributed by atoms with Gasteiger partial charge in [-0.3, -0.25) is 9.59 Å². The maximum Gasteiger partial charge on any atom is 0.331 e. The summed E-state index contributed by atoms with van der Waals surface area (Å²) in [6, 6.07) is 17.6. The molecule has 0 unspecified atom stereocenters. The number of nitrogens with zero attached hydrogens (tertiary/aromatic N) is 1. The second-order valence-electron chi connectivity index (χ2n) is 5.17. The molecular weight excluding hydrogens is 306 g/mol. The van der Waals surface area contributed by atoms with Crippen molar-refractivity contribution in [1.29, 1.82) is 0 Å². The Bertz CT molecular complexity index is 751. The number of carbonyl (C=O) groups is 3. The molecule has 0 saturated carbocycles. The van der Waals surface area contributed by atoms with Crippen LogP contribution in [0.1, 0.15) is 35.7 Å². The largest absolute Gasteiger partial charge is 0.331 e. The lowest BCUT2D eigenvalue weighted by molar-refractivity contribution is -0.141. The number of hydrogen-bond donors (Lipinski definition) is 0. The van der Waals surface area contributed by atoms with Crippen molar-refractivity contribution in [1.82, 2.24) is 0 Å². The fourth-order valence-electron chi connectivity index (χ4n) is 2.09. The van der Waals surface area contributed by atoms with Crippen LogP contribution in [0.25, 0.3) is 0 Å². The van der Waals surface area contributed by atoms with Crippen molar-refractivity contribution in [2.24, 2.45) is 5.16 Å². The van der Waals surface area contributed by atoms with Crippen LogP contribution in [0.5, 0.6) is 0 Å². The summed E-state index contributed by atoms with van der Waals surface area (Å²) >= 11 is 0. The molecule has 0 radical (unpaired) electrons. The standard InChI is InChI=1S/C19H17NO4/c1-14(21)24-20-18(15-8-4-2-5-9-15)12-17(22)13-19(23)16-10-6-3-7-11-16/h2-11H,12-13H2,1H3. The summed E-state index contributed by atoms with van der Waals surface area (Å²) in [5.41, 5.74) is 1.47. The maximum absolute atomic E-state index is 12.2. The first-order valence-electron chi connectivity index (χ1n) is 7.46. The van der Waals surface area contributed by atoms with E-state index in [1.165, 1.54) is 6.92 Å². The van der Waals surface area contributed by atoms with Gasteiger partial charge in [0.2, 0.25) is 0 Å². The first-order valence-corrected chi connectivity index (χ1v) is 7.46. The quantitative estimate of drug-likeness (QED) is 0.258. The van der Waals surface area contributed by atoms with Gasteiger partial charge in [-0.15, -0.1) is 0 Å². The molecule has 0 heterocycles. The van der Waals surface area contributed by atoms with E-state index in [1.807, 2.05) is 6.07 Å². The van der Waals surface area contributed by atoms with Gasteiger partial charge in [0.15, 0.2) is 5.78 Å². The average molecular weight is 323 g/mol. The van der Waals surface area contributed by atoms with Crippen molar-refractivity contribution in [3.05, 3.63) is 71.8 Å². The van der Waals surface area contributed by atoms with Crippen LogP contribution in [-0.4, -0.2) is 23.2 Å². The van der Waals surface area contributed by atoms with Crippen LogP contribution < -0.4 is 0 Å². The average Bonchev–Trinajstić information content (AvgIpc) is 2.60. The first kappa shape index (κ1) is 17.3. The lowest BCUT2D eigenvalue weighted by Crippen LogP contribution is -2.14. The molecule has 0 fully saturated rings. The summed E-state index contributed by atoms with van der Waals surface area (Å²) in [6.07, 6.45) is -0.314. The Morgan fingerprint density at radius 2 is 1.38 bits per heavy atom. The maximum atomic E-state index is 12.2. The van der Waals surface area contributed by atoms with E-state index in [0.29, 0.717) is 16.8 Å². The van der Waals surface area contributed by atoms with Gasteiger partial charge < -0.3 is 4.84 Å². The van der Waals surface area contributed by atoms with Gasteiger partial charge in [-0.05, 0) is 5.56 Å². The minimum Gasteiger partial charge on any atom is -0.318 e. The molecule has 5 heteroatoms. The Hall–Kier alpha value is -3.08. The normalized spacial score (nSPS) is 11.0. The molecule has 2 aromatic rings. The number of carbonyl (C=O) groups excluding carboxylic acids is 3. The number of benzene rings is 2. The number of hydrogen-bond acceptors (Lipinski definition) is 5. The van der Waals surface area contributed by atoms with E-state index in [9.17, 15) is 14.4 Å². The van der Waals surface area contributed by atoms with Gasteiger partial charge in [0.05, 0.1) is 18.6 Å². The van der Waals surface area contributed by atoms with Gasteiger partial charge in [-0.2, -0.15) is 0 Å². The van der Waals surface area contributed by atoms with Crippen LogP contribution in [0, 0.1) is 0 Å². The zero-order valence-corrected chi connectivity index (χ0v) is 13.3. The molecular formula is C19H17NO4. The molecule has 0 spiro atoms. The van der Waals surface area contributed by atoms with Crippen molar-refractivity contribution in [2.75, 3.05) is 0 Å². The predicted molar refractivity (Wildman–Crippen MR) is 89.8 cm³/mol. The number of rotatable bonds is 7. The monoisotopic (exact) mass is 323 g/mol. The van der Waals surface area contributed by atoms with Crippen molar-refractivity contribution in [3.63, 3.8) is 0 Å². The highest BCUT2D eigenvalue weighted by molar-refractivity contribution is 6.16. The summed E-state index contributed by atoms with van der Waals surface area (Å²) < 4.78 is 0. The van der Waals surface area contributed by atoms with Crippen molar-refractivity contribution in [2.45, 2.75) is 19.8 Å². The molecule has 0 saturated heterocycles. The summed E-state index contributed by atoms with van der Waals surface area (Å²) in [5, 5.41) is 3.75. The van der Waals surface area contributed by atoms with Crippen LogP contribution >= 0.6 is 0 Å². The molecule has 0 aromatic heterocycles. The number of oxime groups is 1. The molecule has 0 aliphatic heterocycles. The molecule has 0 atom stereocenters. The summed E-state index contributed by atoms with van der Waals surface area (Å²) in [5.74, 6) is -1.12. The fraction of sp³-hybridized carbons (Fsp3) is 0.158. The van der Waals surface area contributed by atoms with Gasteiger partial charge >= 0.3 is 5.97 Å². The Balaban J connectivity index is 2.09. The molecule has 0 aliphatic rings. The second-order valence-corrected chi connectivity index (χ2v) is 5.17. The molecule has 0 N–H and O–H groups in total. The SMILES string of the molecule is CC(=O)ON=C(CC(=O)CC(=O)c1ccccc1)c1ccccc1. The first-order chi connectivity index (χ1) is 11.6. The van der Waals surface area contributed by atoms with Crippen LogP contribution in [0.2, 0.25) is 0 Å². The van der Waals surface area contributed by atoms with E-state index in [-0.39, 0.29) is 24.4 Å². The minimum absolute atomic E-state index is 0.0874. The lowest BCUT2D eigenvalue weighted by Gasteiger charge is -2.05. The van der Waals surface area contributed by atoms with Gasteiger partial charge in [-0.25, -0.2) is 4.79 Å². The third-order valence-electron chi connectivity index (χ3n) is 3.21. The molecule has 24 heavy (non-hydrogen) atoms. The number of ketones is 2. The van der Waals surface area contributed by atoms with Gasteiger partial charge in [0.1, 0.15) is 5.78 Å². The predicted octanol–water partition coefficient (Wildman–Crippen LogP) is 3.19. The third-order valence-corrected chi connectivity index (χ3v) is 3.21. The zero-order chi connectivity index (χ0) is 17.4. The molecule has 122 valence electrons. The molecule has 2 aromatic carbocycles. The molecule has 0 aliphatic carbocycles. The van der Waals surface area contributed by atoms with E-state index >= 15 is 0 Å². The van der Waals surface area contributed by atoms with Crippen LogP contribution in [0.3, 0.4) is 0 Å². The topological polar surface area (TPSA) is 72.8 Å². The van der Waals surface area contributed by atoms with E-state index in [0.717, 1.165) is 0 Å². The van der Waals surface area contributed by atoms with E-state index in [4.69, 9.17) is 0 Å². The van der Waals surface area contributed by atoms with Crippen LogP contribution in [0.15, 0.2) is 65.8 Å². The molecule has 2 rings (SSSR count). The highest BCUT2D eigenvalue weighted by atomic mass is 16.7. The minimum atomic E-state index is -0.573. The van der Waals surface area contributed by atoms with E-state index in [2.05, 4.69) is 9.99 Å². The van der Waals surface area contributed by atoms with Crippen LogP contribution in [0.4, 0.5) is 0 Å². The van der Waals surface area contributed by atoms with Crippen molar-refractivity contribution < 1.29 is 19.2 Å². The Labute approximate surface area is 139 Å². The Morgan fingerprint density at radius 1 is 0.833 bits per heavy atom. The third kappa shape index (κ3) is 5.28.